The Hall–Kier alpha value is -2.68. The molecule has 1 aliphatic rings. The Bertz CT molecular complexity index is 1060. The van der Waals surface area contributed by atoms with E-state index in [1.54, 1.807) is 0 Å². The summed E-state index contributed by atoms with van der Waals surface area (Å²) in [5.41, 5.74) is 4.19. The van der Waals surface area contributed by atoms with Crippen LogP contribution in [0.5, 0.6) is 0 Å². The van der Waals surface area contributed by atoms with Crippen LogP contribution in [0.2, 0.25) is 0 Å². The Balaban J connectivity index is 1.40. The summed E-state index contributed by atoms with van der Waals surface area (Å²) in [4.78, 5) is 15.1. The van der Waals surface area contributed by atoms with Crippen molar-refractivity contribution in [3.8, 4) is 11.4 Å². The summed E-state index contributed by atoms with van der Waals surface area (Å²) in [5, 5.41) is 12.6. The van der Waals surface area contributed by atoms with Gasteiger partial charge >= 0.3 is 0 Å². The lowest BCUT2D eigenvalue weighted by molar-refractivity contribution is -0.113. The van der Waals surface area contributed by atoms with Gasteiger partial charge in [0, 0.05) is 37.4 Å². The van der Waals surface area contributed by atoms with Crippen LogP contribution >= 0.6 is 11.8 Å². The number of hydrogen-bond donors (Lipinski definition) is 1. The highest BCUT2D eigenvalue weighted by atomic mass is 32.2. The number of nitrogens with one attached hydrogen (secondary N) is 1. The number of carbonyl (C=O) groups is 1. The molecule has 32 heavy (non-hydrogen) atoms. The second-order valence-corrected chi connectivity index (χ2v) is 8.74. The van der Waals surface area contributed by atoms with E-state index in [1.807, 2.05) is 30.3 Å². The molecule has 0 atom stereocenters. The van der Waals surface area contributed by atoms with Crippen LogP contribution in [0.3, 0.4) is 0 Å². The highest BCUT2D eigenvalue weighted by molar-refractivity contribution is 7.99. The number of rotatable bonds is 8. The molecule has 0 bridgehead atoms. The van der Waals surface area contributed by atoms with Gasteiger partial charge in [-0.25, -0.2) is 0 Å². The molecule has 1 N–H and O–H groups in total. The number of amides is 1. The van der Waals surface area contributed by atoms with Gasteiger partial charge in [-0.1, -0.05) is 53.7 Å². The van der Waals surface area contributed by atoms with E-state index in [1.165, 1.54) is 17.3 Å². The summed E-state index contributed by atoms with van der Waals surface area (Å²) in [6.45, 7) is 9.01. The summed E-state index contributed by atoms with van der Waals surface area (Å²) in [7, 11) is 0. The van der Waals surface area contributed by atoms with Gasteiger partial charge in [-0.2, -0.15) is 0 Å². The molecule has 0 aliphatic carbocycles. The molecule has 8 heteroatoms. The standard InChI is InChI=1S/C24H29N5O2S/c1-3-29-23(19-9-6-7-18(2)15-19)26-27-24(29)32-17-22(30)25-21-10-5-4-8-20(21)16-28-11-13-31-14-12-28/h4-10,15H,3,11-14,16-17H2,1-2H3,(H,25,30). The monoisotopic (exact) mass is 451 g/mol. The fourth-order valence-corrected chi connectivity index (χ4v) is 4.58. The first kappa shape index (κ1) is 22.5. The van der Waals surface area contributed by atoms with Crippen molar-refractivity contribution >= 4 is 23.4 Å². The lowest BCUT2D eigenvalue weighted by Crippen LogP contribution is -2.35. The zero-order valence-corrected chi connectivity index (χ0v) is 19.4. The van der Waals surface area contributed by atoms with Crippen LogP contribution in [0.15, 0.2) is 53.7 Å². The minimum Gasteiger partial charge on any atom is -0.379 e. The molecular weight excluding hydrogens is 422 g/mol. The molecule has 168 valence electrons. The number of ether oxygens (including phenoxy) is 1. The largest absolute Gasteiger partial charge is 0.379 e. The third kappa shape index (κ3) is 5.56. The van der Waals surface area contributed by atoms with Gasteiger partial charge in [0.1, 0.15) is 0 Å². The first-order chi connectivity index (χ1) is 15.6. The van der Waals surface area contributed by atoms with Gasteiger partial charge in [-0.3, -0.25) is 9.69 Å². The molecule has 1 aliphatic heterocycles. The second-order valence-electron chi connectivity index (χ2n) is 7.80. The molecule has 1 amide bonds. The molecule has 0 unspecified atom stereocenters. The van der Waals surface area contributed by atoms with Crippen LogP contribution in [-0.4, -0.2) is 57.6 Å². The van der Waals surface area contributed by atoms with Crippen molar-refractivity contribution in [3.05, 3.63) is 59.7 Å². The summed E-state index contributed by atoms with van der Waals surface area (Å²) in [5.74, 6) is 1.06. The molecule has 4 rings (SSSR count). The van der Waals surface area contributed by atoms with E-state index in [9.17, 15) is 4.79 Å². The number of morpholine rings is 1. The van der Waals surface area contributed by atoms with Gasteiger partial charge in [0.05, 0.1) is 19.0 Å². The Morgan fingerprint density at radius 1 is 1.12 bits per heavy atom. The van der Waals surface area contributed by atoms with E-state index in [0.717, 1.165) is 67.2 Å². The number of para-hydroxylation sites is 1. The van der Waals surface area contributed by atoms with Crippen molar-refractivity contribution in [2.45, 2.75) is 32.1 Å². The second kappa shape index (κ2) is 10.8. The van der Waals surface area contributed by atoms with Crippen molar-refractivity contribution in [2.75, 3.05) is 37.4 Å². The molecule has 2 heterocycles. The molecular formula is C24H29N5O2S. The average molecular weight is 452 g/mol. The van der Waals surface area contributed by atoms with Crippen molar-refractivity contribution in [2.24, 2.45) is 0 Å². The maximum absolute atomic E-state index is 12.7. The van der Waals surface area contributed by atoms with Crippen LogP contribution in [-0.2, 0) is 22.6 Å². The van der Waals surface area contributed by atoms with E-state index in [0.29, 0.717) is 0 Å². The summed E-state index contributed by atoms with van der Waals surface area (Å²) >= 11 is 1.41. The molecule has 1 saturated heterocycles. The number of anilines is 1. The molecule has 0 spiro atoms. The van der Waals surface area contributed by atoms with Crippen LogP contribution < -0.4 is 5.32 Å². The Morgan fingerprint density at radius 2 is 1.94 bits per heavy atom. The molecule has 1 aromatic heterocycles. The fraction of sp³-hybridized carbons (Fsp3) is 0.375. The van der Waals surface area contributed by atoms with E-state index in [2.05, 4.69) is 57.0 Å². The van der Waals surface area contributed by atoms with Crippen molar-refractivity contribution in [1.29, 1.82) is 0 Å². The zero-order valence-electron chi connectivity index (χ0n) is 18.6. The lowest BCUT2D eigenvalue weighted by Gasteiger charge is -2.27. The molecule has 3 aromatic rings. The fourth-order valence-electron chi connectivity index (χ4n) is 3.77. The predicted octanol–water partition coefficient (Wildman–Crippen LogP) is 3.84. The smallest absolute Gasteiger partial charge is 0.234 e. The summed E-state index contributed by atoms with van der Waals surface area (Å²) < 4.78 is 7.49. The maximum Gasteiger partial charge on any atom is 0.234 e. The first-order valence-electron chi connectivity index (χ1n) is 10.9. The molecule has 1 fully saturated rings. The Kier molecular flexibility index (Phi) is 7.57. The average Bonchev–Trinajstić information content (AvgIpc) is 3.23. The van der Waals surface area contributed by atoms with Crippen LogP contribution in [0, 0.1) is 6.92 Å². The van der Waals surface area contributed by atoms with E-state index >= 15 is 0 Å². The minimum absolute atomic E-state index is 0.0489. The van der Waals surface area contributed by atoms with E-state index < -0.39 is 0 Å². The van der Waals surface area contributed by atoms with Crippen molar-refractivity contribution in [3.63, 3.8) is 0 Å². The minimum atomic E-state index is -0.0489. The predicted molar refractivity (Wildman–Crippen MR) is 128 cm³/mol. The van der Waals surface area contributed by atoms with Gasteiger partial charge in [-0.05, 0) is 31.5 Å². The summed E-state index contributed by atoms with van der Waals surface area (Å²) in [6.07, 6.45) is 0. The number of thioether (sulfide) groups is 1. The third-order valence-electron chi connectivity index (χ3n) is 5.43. The van der Waals surface area contributed by atoms with E-state index in [4.69, 9.17) is 4.74 Å². The lowest BCUT2D eigenvalue weighted by atomic mass is 10.1. The van der Waals surface area contributed by atoms with Gasteiger partial charge in [0.25, 0.3) is 0 Å². The van der Waals surface area contributed by atoms with E-state index in [-0.39, 0.29) is 11.7 Å². The van der Waals surface area contributed by atoms with Gasteiger partial charge in [0.15, 0.2) is 11.0 Å². The summed E-state index contributed by atoms with van der Waals surface area (Å²) in [6, 6.07) is 16.2. The van der Waals surface area contributed by atoms with Crippen LogP contribution in [0.4, 0.5) is 5.69 Å². The van der Waals surface area contributed by atoms with Crippen LogP contribution in [0.1, 0.15) is 18.1 Å². The topological polar surface area (TPSA) is 72.3 Å². The number of hydrogen-bond acceptors (Lipinski definition) is 6. The van der Waals surface area contributed by atoms with Gasteiger partial charge in [-0.15, -0.1) is 10.2 Å². The first-order valence-corrected chi connectivity index (χ1v) is 11.9. The highest BCUT2D eigenvalue weighted by Crippen LogP contribution is 2.25. The van der Waals surface area contributed by atoms with Gasteiger partial charge < -0.3 is 14.6 Å². The zero-order chi connectivity index (χ0) is 22.3. The number of benzene rings is 2. The van der Waals surface area contributed by atoms with Crippen molar-refractivity contribution in [1.82, 2.24) is 19.7 Å². The number of aryl methyl sites for hydroxylation is 1. The molecule has 0 saturated carbocycles. The maximum atomic E-state index is 12.7. The number of carbonyl (C=O) groups excluding carboxylic acids is 1. The quantitative estimate of drug-likeness (QED) is 0.525. The van der Waals surface area contributed by atoms with Crippen molar-refractivity contribution < 1.29 is 9.53 Å². The molecule has 0 radical (unpaired) electrons. The molecule has 7 nitrogen and oxygen atoms in total. The Morgan fingerprint density at radius 3 is 2.72 bits per heavy atom. The number of nitrogens with zero attached hydrogens (tertiary/aromatic N) is 4. The SMILES string of the molecule is CCn1c(SCC(=O)Nc2ccccc2CN2CCOCC2)nnc1-c1cccc(C)c1. The third-order valence-corrected chi connectivity index (χ3v) is 6.40. The highest BCUT2D eigenvalue weighted by Gasteiger charge is 2.16. The van der Waals surface area contributed by atoms with Crippen LogP contribution in [0.25, 0.3) is 11.4 Å². The normalized spacial score (nSPS) is 14.4. The number of aromatic nitrogens is 3. The van der Waals surface area contributed by atoms with Gasteiger partial charge in [0.2, 0.25) is 5.91 Å². The molecule has 2 aromatic carbocycles. The Labute approximate surface area is 193 Å².